The number of ether oxygens (including phenoxy) is 1. The molecule has 28 heavy (non-hydrogen) atoms. The van der Waals surface area contributed by atoms with Crippen LogP contribution in [-0.2, 0) is 6.54 Å². The zero-order valence-corrected chi connectivity index (χ0v) is 16.9. The number of aryl methyl sites for hydroxylation is 1. The monoisotopic (exact) mass is 400 g/mol. The molecule has 1 aliphatic heterocycles. The molecule has 148 valence electrons. The lowest BCUT2D eigenvalue weighted by Crippen LogP contribution is -2.45. The van der Waals surface area contributed by atoms with Gasteiger partial charge in [-0.3, -0.25) is 4.90 Å². The van der Waals surface area contributed by atoms with Crippen LogP contribution in [-0.4, -0.2) is 41.8 Å². The van der Waals surface area contributed by atoms with Gasteiger partial charge in [-0.1, -0.05) is 41.6 Å². The lowest BCUT2D eigenvalue weighted by atomic mass is 10.0. The van der Waals surface area contributed by atoms with E-state index in [0.717, 1.165) is 36.5 Å². The summed E-state index contributed by atoms with van der Waals surface area (Å²) in [6.07, 6.45) is 0. The van der Waals surface area contributed by atoms with Gasteiger partial charge >= 0.3 is 0 Å². The second-order valence-electron chi connectivity index (χ2n) is 6.76. The van der Waals surface area contributed by atoms with Crippen molar-refractivity contribution in [2.24, 2.45) is 0 Å². The Morgan fingerprint density at radius 1 is 1.18 bits per heavy atom. The molecule has 0 bridgehead atoms. The molecule has 0 aliphatic carbocycles. The number of hydrogen-bond donors (Lipinski definition) is 1. The Kier molecular flexibility index (Phi) is 6.67. The van der Waals surface area contributed by atoms with E-state index >= 15 is 0 Å². The Hall–Kier alpha value is -2.41. The smallest absolute Gasteiger partial charge is 0.258 e. The predicted molar refractivity (Wildman–Crippen MR) is 111 cm³/mol. The number of benzene rings is 2. The van der Waals surface area contributed by atoms with Crippen molar-refractivity contribution in [2.45, 2.75) is 19.5 Å². The minimum absolute atomic E-state index is 0. The molecule has 4 rings (SSSR count). The number of piperazine rings is 1. The lowest BCUT2D eigenvalue weighted by molar-refractivity contribution is 0.146. The SMILES string of the molecule is COc1ccccc1C1CNCCN1Cc1noc(-c2ccccc2C)n1.Cl. The van der Waals surface area contributed by atoms with E-state index in [1.54, 1.807) is 7.11 Å². The van der Waals surface area contributed by atoms with E-state index in [4.69, 9.17) is 9.26 Å². The number of nitrogens with one attached hydrogen (secondary N) is 1. The third kappa shape index (κ3) is 4.19. The van der Waals surface area contributed by atoms with Crippen LogP contribution in [0.4, 0.5) is 0 Å². The van der Waals surface area contributed by atoms with Crippen LogP contribution in [0.2, 0.25) is 0 Å². The first-order valence-electron chi connectivity index (χ1n) is 9.22. The molecule has 7 heteroatoms. The van der Waals surface area contributed by atoms with E-state index in [0.29, 0.717) is 18.3 Å². The molecule has 1 aromatic heterocycles. The molecule has 3 aromatic rings. The summed E-state index contributed by atoms with van der Waals surface area (Å²) in [4.78, 5) is 7.01. The van der Waals surface area contributed by atoms with Crippen molar-refractivity contribution in [1.82, 2.24) is 20.4 Å². The van der Waals surface area contributed by atoms with Gasteiger partial charge in [-0.05, 0) is 24.6 Å². The fraction of sp³-hybridized carbons (Fsp3) is 0.333. The van der Waals surface area contributed by atoms with Crippen molar-refractivity contribution < 1.29 is 9.26 Å². The number of para-hydroxylation sites is 1. The molecule has 1 aliphatic rings. The van der Waals surface area contributed by atoms with Crippen LogP contribution in [0.5, 0.6) is 5.75 Å². The fourth-order valence-corrected chi connectivity index (χ4v) is 3.61. The van der Waals surface area contributed by atoms with Crippen molar-refractivity contribution in [3.8, 4) is 17.2 Å². The molecular weight excluding hydrogens is 376 g/mol. The van der Waals surface area contributed by atoms with Gasteiger partial charge in [-0.2, -0.15) is 4.98 Å². The normalized spacial score (nSPS) is 17.1. The molecule has 1 N–H and O–H groups in total. The predicted octanol–water partition coefficient (Wildman–Crippen LogP) is 3.62. The van der Waals surface area contributed by atoms with E-state index in [-0.39, 0.29) is 18.4 Å². The van der Waals surface area contributed by atoms with Gasteiger partial charge in [-0.25, -0.2) is 0 Å². The molecule has 1 saturated heterocycles. The quantitative estimate of drug-likeness (QED) is 0.705. The molecule has 0 radical (unpaired) electrons. The molecule has 2 heterocycles. The van der Waals surface area contributed by atoms with E-state index in [9.17, 15) is 0 Å². The molecule has 2 aromatic carbocycles. The van der Waals surface area contributed by atoms with Crippen LogP contribution in [0.15, 0.2) is 53.1 Å². The topological polar surface area (TPSA) is 63.4 Å². The van der Waals surface area contributed by atoms with Crippen molar-refractivity contribution in [3.63, 3.8) is 0 Å². The second kappa shape index (κ2) is 9.19. The molecule has 1 unspecified atom stereocenters. The van der Waals surface area contributed by atoms with Gasteiger partial charge in [0.1, 0.15) is 5.75 Å². The maximum atomic E-state index is 5.57. The van der Waals surface area contributed by atoms with Crippen molar-refractivity contribution in [1.29, 1.82) is 0 Å². The van der Waals surface area contributed by atoms with Crippen LogP contribution < -0.4 is 10.1 Å². The summed E-state index contributed by atoms with van der Waals surface area (Å²) in [6, 6.07) is 16.4. The zero-order valence-electron chi connectivity index (χ0n) is 16.1. The summed E-state index contributed by atoms with van der Waals surface area (Å²) < 4.78 is 11.1. The number of hydrogen-bond acceptors (Lipinski definition) is 6. The van der Waals surface area contributed by atoms with Crippen LogP contribution >= 0.6 is 12.4 Å². The van der Waals surface area contributed by atoms with Crippen LogP contribution in [0.25, 0.3) is 11.5 Å². The van der Waals surface area contributed by atoms with Crippen molar-refractivity contribution in [3.05, 3.63) is 65.5 Å². The highest BCUT2D eigenvalue weighted by atomic mass is 35.5. The Morgan fingerprint density at radius 3 is 2.79 bits per heavy atom. The summed E-state index contributed by atoms with van der Waals surface area (Å²) in [5.74, 6) is 2.19. The zero-order chi connectivity index (χ0) is 18.6. The third-order valence-electron chi connectivity index (χ3n) is 5.04. The highest BCUT2D eigenvalue weighted by molar-refractivity contribution is 5.85. The first-order chi connectivity index (χ1) is 13.3. The summed E-state index contributed by atoms with van der Waals surface area (Å²) in [6.45, 7) is 5.40. The van der Waals surface area contributed by atoms with Gasteiger partial charge in [0.05, 0.1) is 19.7 Å². The number of methoxy groups -OCH3 is 1. The summed E-state index contributed by atoms with van der Waals surface area (Å²) in [5, 5.41) is 7.70. The van der Waals surface area contributed by atoms with Crippen LogP contribution in [0.1, 0.15) is 23.0 Å². The van der Waals surface area contributed by atoms with Crippen LogP contribution in [0.3, 0.4) is 0 Å². The molecule has 0 amide bonds. The minimum atomic E-state index is 0. The first-order valence-corrected chi connectivity index (χ1v) is 9.22. The molecule has 0 spiro atoms. The highest BCUT2D eigenvalue weighted by Crippen LogP contribution is 2.31. The first kappa shape index (κ1) is 20.3. The Labute approximate surface area is 171 Å². The third-order valence-corrected chi connectivity index (χ3v) is 5.04. The maximum absolute atomic E-state index is 5.57. The van der Waals surface area contributed by atoms with Gasteiger partial charge < -0.3 is 14.6 Å². The molecular formula is C21H25ClN4O2. The van der Waals surface area contributed by atoms with Gasteiger partial charge in [-0.15, -0.1) is 12.4 Å². The summed E-state index contributed by atoms with van der Waals surface area (Å²) in [5.41, 5.74) is 3.29. The van der Waals surface area contributed by atoms with Gasteiger partial charge in [0, 0.05) is 30.8 Å². The van der Waals surface area contributed by atoms with Gasteiger partial charge in [0.15, 0.2) is 5.82 Å². The number of aromatic nitrogens is 2. The maximum Gasteiger partial charge on any atom is 0.258 e. The Bertz CT molecular complexity index is 915. The van der Waals surface area contributed by atoms with Gasteiger partial charge in [0.2, 0.25) is 0 Å². The molecule has 6 nitrogen and oxygen atoms in total. The molecule has 0 saturated carbocycles. The van der Waals surface area contributed by atoms with E-state index in [1.807, 2.05) is 43.3 Å². The minimum Gasteiger partial charge on any atom is -0.496 e. The van der Waals surface area contributed by atoms with Crippen LogP contribution in [0, 0.1) is 6.92 Å². The van der Waals surface area contributed by atoms with E-state index in [1.165, 1.54) is 5.56 Å². The van der Waals surface area contributed by atoms with Gasteiger partial charge in [0.25, 0.3) is 5.89 Å². The lowest BCUT2D eigenvalue weighted by Gasteiger charge is -2.36. The van der Waals surface area contributed by atoms with Crippen molar-refractivity contribution in [2.75, 3.05) is 26.7 Å². The average Bonchev–Trinajstić information content (AvgIpc) is 3.17. The summed E-state index contributed by atoms with van der Waals surface area (Å²) >= 11 is 0. The number of rotatable bonds is 5. The second-order valence-corrected chi connectivity index (χ2v) is 6.76. The summed E-state index contributed by atoms with van der Waals surface area (Å²) in [7, 11) is 1.72. The largest absolute Gasteiger partial charge is 0.496 e. The van der Waals surface area contributed by atoms with E-state index < -0.39 is 0 Å². The number of halogens is 1. The number of nitrogens with zero attached hydrogens (tertiary/aromatic N) is 3. The Morgan fingerprint density at radius 2 is 1.96 bits per heavy atom. The molecule has 1 fully saturated rings. The fourth-order valence-electron chi connectivity index (χ4n) is 3.61. The molecule has 1 atom stereocenters. The van der Waals surface area contributed by atoms with E-state index in [2.05, 4.69) is 32.5 Å². The average molecular weight is 401 g/mol. The highest BCUT2D eigenvalue weighted by Gasteiger charge is 2.27. The Balaban J connectivity index is 0.00000225. The van der Waals surface area contributed by atoms with Crippen molar-refractivity contribution >= 4 is 12.4 Å². The standard InChI is InChI=1S/C21H24N4O2.ClH/c1-15-7-3-4-8-16(15)21-23-20(24-27-21)14-25-12-11-22-13-18(25)17-9-5-6-10-19(17)26-2;/h3-10,18,22H,11-14H2,1-2H3;1H.